The van der Waals surface area contributed by atoms with E-state index in [1.165, 1.54) is 42.4 Å². The number of nitrogens with two attached hydrogens (primary N) is 1. The first-order valence-corrected chi connectivity index (χ1v) is 10.3. The standard InChI is InChI=1S/C25H27NO/c1-25(2)13-5-8-17-18-11-12-20-19(23(18)22(27)14-21(17)25)10-9-16(24(20)26)15-6-3-4-7-15/h5,8-12,15H,3-4,6-7,13-14,26H2,1-2H3. The molecule has 0 radical (unpaired) electrons. The van der Waals surface area contributed by atoms with E-state index in [1.807, 2.05) is 0 Å². The maximum atomic E-state index is 13.2. The fourth-order valence-corrected chi connectivity index (χ4v) is 5.46. The molecule has 3 aliphatic carbocycles. The summed E-state index contributed by atoms with van der Waals surface area (Å²) in [7, 11) is 0. The van der Waals surface area contributed by atoms with Gasteiger partial charge in [0.2, 0.25) is 0 Å². The number of anilines is 1. The molecule has 2 nitrogen and oxygen atoms in total. The van der Waals surface area contributed by atoms with Crippen LogP contribution in [-0.4, -0.2) is 5.78 Å². The third-order valence-electron chi connectivity index (χ3n) is 7.03. The van der Waals surface area contributed by atoms with Gasteiger partial charge in [-0.25, -0.2) is 0 Å². The van der Waals surface area contributed by atoms with Crippen LogP contribution in [0, 0.1) is 5.41 Å². The number of hydrogen-bond acceptors (Lipinski definition) is 2. The van der Waals surface area contributed by atoms with Crippen LogP contribution < -0.4 is 5.73 Å². The van der Waals surface area contributed by atoms with E-state index in [0.29, 0.717) is 12.3 Å². The smallest absolute Gasteiger partial charge is 0.168 e. The zero-order valence-electron chi connectivity index (χ0n) is 16.3. The van der Waals surface area contributed by atoms with Gasteiger partial charge in [0.05, 0.1) is 0 Å². The lowest BCUT2D eigenvalue weighted by molar-refractivity contribution is 0.0985. The number of Topliss-reactive ketones (excluding diaryl/α,β-unsaturated/α-hetero) is 1. The Morgan fingerprint density at radius 2 is 1.78 bits per heavy atom. The van der Waals surface area contributed by atoms with Crippen LogP contribution in [0.15, 0.2) is 42.0 Å². The van der Waals surface area contributed by atoms with E-state index in [0.717, 1.165) is 34.0 Å². The van der Waals surface area contributed by atoms with Crippen LogP contribution in [0.2, 0.25) is 0 Å². The molecule has 0 aliphatic heterocycles. The third-order valence-corrected chi connectivity index (χ3v) is 7.03. The highest BCUT2D eigenvalue weighted by Crippen LogP contribution is 2.48. The summed E-state index contributed by atoms with van der Waals surface area (Å²) in [5.74, 6) is 0.822. The number of allylic oxidation sites excluding steroid dienone is 4. The fraction of sp³-hybridized carbons (Fsp3) is 0.400. The molecular weight excluding hydrogens is 330 g/mol. The maximum Gasteiger partial charge on any atom is 0.168 e. The van der Waals surface area contributed by atoms with Crippen molar-refractivity contribution < 1.29 is 4.79 Å². The highest BCUT2D eigenvalue weighted by molar-refractivity contribution is 6.17. The van der Waals surface area contributed by atoms with E-state index in [-0.39, 0.29) is 11.2 Å². The van der Waals surface area contributed by atoms with Crippen molar-refractivity contribution in [1.82, 2.24) is 0 Å². The zero-order valence-corrected chi connectivity index (χ0v) is 16.3. The van der Waals surface area contributed by atoms with Crippen molar-refractivity contribution in [1.29, 1.82) is 0 Å². The highest BCUT2D eigenvalue weighted by atomic mass is 16.1. The van der Waals surface area contributed by atoms with Gasteiger partial charge in [-0.3, -0.25) is 4.79 Å². The van der Waals surface area contributed by atoms with Crippen molar-refractivity contribution in [2.45, 2.75) is 58.3 Å². The minimum Gasteiger partial charge on any atom is -0.398 e. The number of rotatable bonds is 1. The summed E-state index contributed by atoms with van der Waals surface area (Å²) >= 11 is 0. The van der Waals surface area contributed by atoms with E-state index < -0.39 is 0 Å². The Hall–Kier alpha value is -2.35. The van der Waals surface area contributed by atoms with Gasteiger partial charge >= 0.3 is 0 Å². The summed E-state index contributed by atoms with van der Waals surface area (Å²) in [6.45, 7) is 4.49. The average molecular weight is 357 g/mol. The van der Waals surface area contributed by atoms with E-state index in [2.05, 4.69) is 50.3 Å². The van der Waals surface area contributed by atoms with Gasteiger partial charge in [-0.05, 0) is 58.3 Å². The van der Waals surface area contributed by atoms with Crippen LogP contribution in [0.4, 0.5) is 5.69 Å². The van der Waals surface area contributed by atoms with E-state index in [4.69, 9.17) is 5.73 Å². The average Bonchev–Trinajstić information content (AvgIpc) is 3.17. The molecule has 0 amide bonds. The van der Waals surface area contributed by atoms with Crippen LogP contribution >= 0.6 is 0 Å². The van der Waals surface area contributed by atoms with Crippen LogP contribution in [-0.2, 0) is 0 Å². The summed E-state index contributed by atoms with van der Waals surface area (Å²) in [4.78, 5) is 13.2. The van der Waals surface area contributed by atoms with Crippen LogP contribution in [0.1, 0.15) is 79.8 Å². The number of ketones is 1. The van der Waals surface area contributed by atoms with Gasteiger partial charge in [0.15, 0.2) is 5.78 Å². The van der Waals surface area contributed by atoms with Gasteiger partial charge in [0.1, 0.15) is 0 Å². The molecule has 0 bridgehead atoms. The van der Waals surface area contributed by atoms with E-state index in [9.17, 15) is 4.79 Å². The van der Waals surface area contributed by atoms with Gasteiger partial charge in [-0.1, -0.05) is 63.1 Å². The predicted molar refractivity (Wildman–Crippen MR) is 113 cm³/mol. The molecule has 138 valence electrons. The molecule has 27 heavy (non-hydrogen) atoms. The molecule has 0 atom stereocenters. The van der Waals surface area contributed by atoms with Crippen molar-refractivity contribution in [3.63, 3.8) is 0 Å². The molecule has 1 fully saturated rings. The number of hydrogen-bond donors (Lipinski definition) is 1. The number of fused-ring (bicyclic) bond motifs is 4. The SMILES string of the molecule is CC1(C)CC=CC2=C1CC(=O)c1c2ccc2c(N)c(C3CCCC3)ccc12. The topological polar surface area (TPSA) is 43.1 Å². The van der Waals surface area contributed by atoms with Crippen LogP contribution in [0.5, 0.6) is 0 Å². The molecular formula is C25H27NO. The lowest BCUT2D eigenvalue weighted by Crippen LogP contribution is -2.24. The van der Waals surface area contributed by atoms with Crippen molar-refractivity contribution in [2.75, 3.05) is 5.73 Å². The molecule has 5 rings (SSSR count). The first-order chi connectivity index (χ1) is 13.0. The number of benzene rings is 2. The Morgan fingerprint density at radius 1 is 1.04 bits per heavy atom. The summed E-state index contributed by atoms with van der Waals surface area (Å²) in [5.41, 5.74) is 13.3. The lowest BCUT2D eigenvalue weighted by atomic mass is 9.68. The van der Waals surface area contributed by atoms with Crippen LogP contribution in [0.25, 0.3) is 16.3 Å². The van der Waals surface area contributed by atoms with E-state index in [1.54, 1.807) is 0 Å². The van der Waals surface area contributed by atoms with Crippen LogP contribution in [0.3, 0.4) is 0 Å². The molecule has 2 aromatic carbocycles. The first kappa shape index (κ1) is 16.8. The minimum absolute atomic E-state index is 0.0533. The first-order valence-electron chi connectivity index (χ1n) is 10.3. The van der Waals surface area contributed by atoms with Crippen molar-refractivity contribution >= 4 is 27.8 Å². The highest BCUT2D eigenvalue weighted by Gasteiger charge is 2.35. The quantitative estimate of drug-likeness (QED) is 0.600. The molecule has 0 spiro atoms. The second-order valence-electron chi connectivity index (χ2n) is 9.12. The Balaban J connectivity index is 1.73. The van der Waals surface area contributed by atoms with Gasteiger partial charge in [-0.15, -0.1) is 0 Å². The normalized spacial score (nSPS) is 21.6. The Morgan fingerprint density at radius 3 is 2.56 bits per heavy atom. The third kappa shape index (κ3) is 2.42. The van der Waals surface area contributed by atoms with Gasteiger partial charge in [0, 0.05) is 23.1 Å². The van der Waals surface area contributed by atoms with E-state index >= 15 is 0 Å². The molecule has 0 heterocycles. The van der Waals surface area contributed by atoms with Gasteiger partial charge in [-0.2, -0.15) is 0 Å². The summed E-state index contributed by atoms with van der Waals surface area (Å²) in [6.07, 6.45) is 11.1. The Labute approximate surface area is 161 Å². The summed E-state index contributed by atoms with van der Waals surface area (Å²) in [5, 5.41) is 2.08. The second kappa shape index (κ2) is 5.82. The number of carbonyl (C=O) groups excluding carboxylic acids is 1. The van der Waals surface area contributed by atoms with Gasteiger partial charge in [0.25, 0.3) is 0 Å². The predicted octanol–water partition coefficient (Wildman–Crippen LogP) is 6.41. The largest absolute Gasteiger partial charge is 0.398 e. The molecule has 2 N–H and O–H groups in total. The molecule has 2 heteroatoms. The summed E-state index contributed by atoms with van der Waals surface area (Å²) < 4.78 is 0. The fourth-order valence-electron chi connectivity index (χ4n) is 5.46. The zero-order chi connectivity index (χ0) is 18.8. The second-order valence-corrected chi connectivity index (χ2v) is 9.12. The lowest BCUT2D eigenvalue weighted by Gasteiger charge is -2.35. The van der Waals surface area contributed by atoms with Crippen molar-refractivity contribution in [3.8, 4) is 0 Å². The minimum atomic E-state index is 0.0533. The molecule has 3 aliphatic rings. The monoisotopic (exact) mass is 357 g/mol. The summed E-state index contributed by atoms with van der Waals surface area (Å²) in [6, 6.07) is 8.61. The molecule has 0 aromatic heterocycles. The number of carbonyl (C=O) groups is 1. The molecule has 0 unspecified atom stereocenters. The van der Waals surface area contributed by atoms with Crippen molar-refractivity contribution in [2.24, 2.45) is 5.41 Å². The maximum absolute atomic E-state index is 13.2. The Bertz CT molecular complexity index is 1030. The molecule has 0 saturated heterocycles. The van der Waals surface area contributed by atoms with Gasteiger partial charge < -0.3 is 5.73 Å². The molecule has 2 aromatic rings. The molecule has 1 saturated carbocycles. The Kier molecular flexibility index (Phi) is 3.62. The van der Waals surface area contributed by atoms with Crippen molar-refractivity contribution in [3.05, 3.63) is 58.7 Å². The number of nitrogen functional groups attached to an aromatic ring is 1.